The topological polar surface area (TPSA) is 44.7 Å². The molecular formula is C16H12F3N3O. The molecule has 1 N–H and O–H groups in total. The summed E-state index contributed by atoms with van der Waals surface area (Å²) in [5, 5.41) is 1.47. The van der Waals surface area contributed by atoms with Crippen LogP contribution in [0.15, 0.2) is 53.5 Å². The fourth-order valence-electron chi connectivity index (χ4n) is 2.23. The molecule has 3 rings (SSSR count). The van der Waals surface area contributed by atoms with Gasteiger partial charge in [-0.3, -0.25) is 20.2 Å². The first-order chi connectivity index (χ1) is 10.9. The molecule has 1 aliphatic rings. The molecule has 2 aromatic carbocycles. The van der Waals surface area contributed by atoms with E-state index in [1.807, 2.05) is 0 Å². The van der Waals surface area contributed by atoms with E-state index in [1.165, 1.54) is 17.3 Å². The molecule has 2 aromatic rings. The first-order valence-electron chi connectivity index (χ1n) is 6.82. The fourth-order valence-corrected chi connectivity index (χ4v) is 2.23. The highest BCUT2D eigenvalue weighted by molar-refractivity contribution is 5.96. The highest BCUT2D eigenvalue weighted by Crippen LogP contribution is 2.37. The lowest BCUT2D eigenvalue weighted by atomic mass is 10.1. The van der Waals surface area contributed by atoms with Crippen molar-refractivity contribution in [1.82, 2.24) is 5.43 Å². The summed E-state index contributed by atoms with van der Waals surface area (Å²) in [4.78, 5) is 16.2. The predicted molar refractivity (Wildman–Crippen MR) is 80.9 cm³/mol. The average Bonchev–Trinajstić information content (AvgIpc) is 2.54. The van der Waals surface area contributed by atoms with Crippen LogP contribution in [0.1, 0.15) is 15.9 Å². The number of fused-ring (bicyclic) bond motifs is 1. The molecule has 0 fully saturated rings. The van der Waals surface area contributed by atoms with Crippen molar-refractivity contribution in [3.05, 3.63) is 59.7 Å². The molecular weight excluding hydrogens is 307 g/mol. The van der Waals surface area contributed by atoms with Crippen LogP contribution in [0, 0.1) is 0 Å². The fraction of sp³-hybridized carbons (Fsp3) is 0.125. The van der Waals surface area contributed by atoms with Crippen molar-refractivity contribution in [3.63, 3.8) is 0 Å². The SMILES string of the molecule is O=C(NN1CC=Nc2cc(C(F)(F)F)ccc21)c1ccccc1. The maximum Gasteiger partial charge on any atom is 0.416 e. The van der Waals surface area contributed by atoms with Crippen LogP contribution in [-0.2, 0) is 6.18 Å². The molecule has 0 aromatic heterocycles. The number of aliphatic imine (C=N–C) groups is 1. The van der Waals surface area contributed by atoms with E-state index in [9.17, 15) is 18.0 Å². The lowest BCUT2D eigenvalue weighted by molar-refractivity contribution is -0.137. The Labute approximate surface area is 130 Å². The molecule has 7 heteroatoms. The van der Waals surface area contributed by atoms with Crippen LogP contribution in [0.25, 0.3) is 0 Å². The van der Waals surface area contributed by atoms with Crippen LogP contribution in [-0.4, -0.2) is 18.7 Å². The molecule has 0 saturated heterocycles. The molecule has 0 radical (unpaired) electrons. The van der Waals surface area contributed by atoms with Gasteiger partial charge in [0, 0.05) is 11.8 Å². The highest BCUT2D eigenvalue weighted by Gasteiger charge is 2.32. The van der Waals surface area contributed by atoms with Crippen molar-refractivity contribution in [3.8, 4) is 0 Å². The van der Waals surface area contributed by atoms with Gasteiger partial charge in [-0.2, -0.15) is 13.2 Å². The van der Waals surface area contributed by atoms with Gasteiger partial charge in [-0.15, -0.1) is 0 Å². The largest absolute Gasteiger partial charge is 0.416 e. The summed E-state index contributed by atoms with van der Waals surface area (Å²) in [6.07, 6.45) is -2.98. The van der Waals surface area contributed by atoms with Crippen LogP contribution in [0.5, 0.6) is 0 Å². The van der Waals surface area contributed by atoms with Gasteiger partial charge in [0.2, 0.25) is 0 Å². The first-order valence-corrected chi connectivity index (χ1v) is 6.82. The van der Waals surface area contributed by atoms with E-state index in [2.05, 4.69) is 10.4 Å². The molecule has 0 unspecified atom stereocenters. The van der Waals surface area contributed by atoms with Crippen LogP contribution >= 0.6 is 0 Å². The highest BCUT2D eigenvalue weighted by atomic mass is 19.4. The second-order valence-corrected chi connectivity index (χ2v) is 4.93. The number of hydrogen-bond acceptors (Lipinski definition) is 3. The molecule has 23 heavy (non-hydrogen) atoms. The van der Waals surface area contributed by atoms with Gasteiger partial charge < -0.3 is 0 Å². The Hall–Kier alpha value is -2.83. The van der Waals surface area contributed by atoms with E-state index in [1.54, 1.807) is 30.3 Å². The Morgan fingerprint density at radius 1 is 1.13 bits per heavy atom. The number of alkyl halides is 3. The molecule has 1 amide bonds. The zero-order valence-electron chi connectivity index (χ0n) is 11.8. The standard InChI is InChI=1S/C16H12F3N3O/c17-16(18,19)12-6-7-14-13(10-12)20-8-9-22(14)21-15(23)11-4-2-1-3-5-11/h1-8,10H,9H2,(H,21,23). The second-order valence-electron chi connectivity index (χ2n) is 4.93. The Morgan fingerprint density at radius 2 is 1.87 bits per heavy atom. The number of amides is 1. The van der Waals surface area contributed by atoms with Crippen molar-refractivity contribution in [2.45, 2.75) is 6.18 Å². The summed E-state index contributed by atoms with van der Waals surface area (Å²) >= 11 is 0. The summed E-state index contributed by atoms with van der Waals surface area (Å²) in [7, 11) is 0. The summed E-state index contributed by atoms with van der Waals surface area (Å²) in [5.74, 6) is -0.341. The number of carbonyl (C=O) groups excluding carboxylic acids is 1. The van der Waals surface area contributed by atoms with Crippen LogP contribution in [0.4, 0.5) is 24.5 Å². The van der Waals surface area contributed by atoms with Crippen LogP contribution < -0.4 is 10.4 Å². The predicted octanol–water partition coefficient (Wildman–Crippen LogP) is 3.57. The van der Waals surface area contributed by atoms with Crippen LogP contribution in [0.2, 0.25) is 0 Å². The number of carbonyl (C=O) groups is 1. The second kappa shape index (κ2) is 5.75. The lowest BCUT2D eigenvalue weighted by Gasteiger charge is -2.28. The first kappa shape index (κ1) is 15.1. The van der Waals surface area contributed by atoms with Gasteiger partial charge in [-0.25, -0.2) is 0 Å². The maximum absolute atomic E-state index is 12.8. The van der Waals surface area contributed by atoms with Crippen molar-refractivity contribution in [1.29, 1.82) is 0 Å². The number of rotatable bonds is 2. The molecule has 0 aliphatic carbocycles. The Kier molecular flexibility index (Phi) is 3.77. The number of anilines is 1. The zero-order chi connectivity index (χ0) is 16.4. The van der Waals surface area contributed by atoms with E-state index in [4.69, 9.17) is 0 Å². The summed E-state index contributed by atoms with van der Waals surface area (Å²) in [6.45, 7) is 0.275. The minimum atomic E-state index is -4.43. The maximum atomic E-state index is 12.8. The Bertz CT molecular complexity index is 757. The van der Waals surface area contributed by atoms with Gasteiger partial charge in [0.05, 0.1) is 23.5 Å². The third-order valence-electron chi connectivity index (χ3n) is 3.36. The van der Waals surface area contributed by atoms with Gasteiger partial charge in [-0.05, 0) is 30.3 Å². The van der Waals surface area contributed by atoms with E-state index >= 15 is 0 Å². The van der Waals surface area contributed by atoms with Crippen molar-refractivity contribution < 1.29 is 18.0 Å². The molecule has 1 aliphatic heterocycles. The molecule has 1 heterocycles. The number of nitrogens with one attached hydrogen (secondary N) is 1. The number of nitrogens with zero attached hydrogens (tertiary/aromatic N) is 2. The van der Waals surface area contributed by atoms with E-state index in [0.717, 1.165) is 12.1 Å². The molecule has 0 atom stereocenters. The van der Waals surface area contributed by atoms with Crippen molar-refractivity contribution in [2.24, 2.45) is 4.99 Å². The molecule has 0 saturated carbocycles. The van der Waals surface area contributed by atoms with Gasteiger partial charge in [0.25, 0.3) is 5.91 Å². The summed E-state index contributed by atoms with van der Waals surface area (Å²) in [6, 6.07) is 11.8. The minimum absolute atomic E-state index is 0.166. The van der Waals surface area contributed by atoms with E-state index in [0.29, 0.717) is 11.3 Å². The molecule has 4 nitrogen and oxygen atoms in total. The summed E-state index contributed by atoms with van der Waals surface area (Å²) in [5.41, 5.74) is 2.95. The zero-order valence-corrected chi connectivity index (χ0v) is 11.8. The van der Waals surface area contributed by atoms with Gasteiger partial charge >= 0.3 is 6.18 Å². The normalized spacial score (nSPS) is 13.6. The third kappa shape index (κ3) is 3.18. The van der Waals surface area contributed by atoms with Crippen molar-refractivity contribution >= 4 is 23.5 Å². The smallest absolute Gasteiger partial charge is 0.278 e. The van der Waals surface area contributed by atoms with E-state index < -0.39 is 11.7 Å². The van der Waals surface area contributed by atoms with Gasteiger partial charge in [0.1, 0.15) is 0 Å². The molecule has 0 bridgehead atoms. The minimum Gasteiger partial charge on any atom is -0.278 e. The van der Waals surface area contributed by atoms with Crippen molar-refractivity contribution in [2.75, 3.05) is 11.6 Å². The number of hydrazine groups is 1. The number of benzene rings is 2. The quantitative estimate of drug-likeness (QED) is 0.919. The average molecular weight is 319 g/mol. The third-order valence-corrected chi connectivity index (χ3v) is 3.36. The Morgan fingerprint density at radius 3 is 2.57 bits per heavy atom. The number of hydrogen-bond donors (Lipinski definition) is 1. The molecule has 0 spiro atoms. The number of halogens is 3. The van der Waals surface area contributed by atoms with Gasteiger partial charge in [-0.1, -0.05) is 18.2 Å². The van der Waals surface area contributed by atoms with E-state index in [-0.39, 0.29) is 18.1 Å². The monoisotopic (exact) mass is 319 g/mol. The Balaban J connectivity index is 1.85. The van der Waals surface area contributed by atoms with Crippen LogP contribution in [0.3, 0.4) is 0 Å². The lowest BCUT2D eigenvalue weighted by Crippen LogP contribution is -2.44. The summed E-state index contributed by atoms with van der Waals surface area (Å²) < 4.78 is 38.3. The molecule has 118 valence electrons. The van der Waals surface area contributed by atoms with Gasteiger partial charge in [0.15, 0.2) is 0 Å².